The molecule has 0 aromatic heterocycles. The van der Waals surface area contributed by atoms with Crippen molar-refractivity contribution in [1.82, 2.24) is 0 Å². The van der Waals surface area contributed by atoms with Gasteiger partial charge in [-0.15, -0.1) is 0 Å². The molecule has 0 radical (unpaired) electrons. The van der Waals surface area contributed by atoms with Gasteiger partial charge in [-0.3, -0.25) is 14.4 Å². The summed E-state index contributed by atoms with van der Waals surface area (Å²) < 4.78 is 22.7. The Labute approximate surface area is 226 Å². The van der Waals surface area contributed by atoms with Crippen LogP contribution in [0.1, 0.15) is 81.9 Å². The van der Waals surface area contributed by atoms with Gasteiger partial charge in [-0.05, 0) is 104 Å². The third kappa shape index (κ3) is 7.70. The van der Waals surface area contributed by atoms with E-state index in [1.807, 2.05) is 26.8 Å². The van der Waals surface area contributed by atoms with Crippen molar-refractivity contribution in [3.63, 3.8) is 0 Å². The fraction of sp³-hybridized carbons (Fsp3) is 0.452. The van der Waals surface area contributed by atoms with Gasteiger partial charge < -0.3 is 18.9 Å². The molecule has 206 valence electrons. The van der Waals surface area contributed by atoms with E-state index in [4.69, 9.17) is 18.9 Å². The summed E-state index contributed by atoms with van der Waals surface area (Å²) in [6.45, 7) is 16.8. The van der Waals surface area contributed by atoms with Crippen LogP contribution in [0.5, 0.6) is 17.2 Å². The van der Waals surface area contributed by atoms with Crippen LogP contribution in [-0.4, -0.2) is 31.4 Å². The molecule has 0 aliphatic carbocycles. The second kappa shape index (κ2) is 12.3. The third-order valence-corrected chi connectivity index (χ3v) is 5.60. The zero-order valence-electron chi connectivity index (χ0n) is 24.2. The minimum absolute atomic E-state index is 0.101. The van der Waals surface area contributed by atoms with Crippen LogP contribution in [0, 0.1) is 24.7 Å². The molecule has 0 saturated carbocycles. The molecule has 7 nitrogen and oxygen atoms in total. The van der Waals surface area contributed by atoms with Gasteiger partial charge in [-0.25, -0.2) is 0 Å². The van der Waals surface area contributed by atoms with Crippen LogP contribution in [0.3, 0.4) is 0 Å². The largest absolute Gasteiger partial charge is 0.493 e. The first kappa shape index (κ1) is 30.6. The number of allylic oxidation sites excluding steroid dienone is 1. The smallest absolute Gasteiger partial charge is 0.316 e. The molecule has 0 bridgehead atoms. The van der Waals surface area contributed by atoms with Crippen LogP contribution in [0.25, 0.3) is 6.08 Å². The van der Waals surface area contributed by atoms with Crippen molar-refractivity contribution in [3.05, 3.63) is 58.3 Å². The summed E-state index contributed by atoms with van der Waals surface area (Å²) in [6, 6.07) is 8.13. The molecule has 38 heavy (non-hydrogen) atoms. The first-order valence-corrected chi connectivity index (χ1v) is 12.7. The summed E-state index contributed by atoms with van der Waals surface area (Å²) in [5.41, 5.74) is 1.07. The van der Waals surface area contributed by atoms with Crippen molar-refractivity contribution < 1.29 is 33.3 Å². The molecule has 0 unspecified atom stereocenters. The monoisotopic (exact) mass is 524 g/mol. The van der Waals surface area contributed by atoms with Gasteiger partial charge in [0.2, 0.25) is 5.78 Å². The zero-order chi connectivity index (χ0) is 28.8. The minimum Gasteiger partial charge on any atom is -0.493 e. The van der Waals surface area contributed by atoms with Gasteiger partial charge in [-0.2, -0.15) is 0 Å². The fourth-order valence-corrected chi connectivity index (χ4v) is 3.32. The van der Waals surface area contributed by atoms with Crippen LogP contribution >= 0.6 is 0 Å². The number of hydrogen-bond acceptors (Lipinski definition) is 7. The van der Waals surface area contributed by atoms with E-state index in [-0.39, 0.29) is 23.5 Å². The van der Waals surface area contributed by atoms with Crippen LogP contribution in [0.2, 0.25) is 0 Å². The molecule has 0 aliphatic heterocycles. The summed E-state index contributed by atoms with van der Waals surface area (Å²) in [5, 5.41) is 0. The number of ether oxygens (including phenoxy) is 4. The summed E-state index contributed by atoms with van der Waals surface area (Å²) >= 11 is 0. The quantitative estimate of drug-likeness (QED) is 0.116. The summed E-state index contributed by atoms with van der Waals surface area (Å²) in [6.07, 6.45) is 2.39. The van der Waals surface area contributed by atoms with Gasteiger partial charge in [0.05, 0.1) is 24.5 Å². The van der Waals surface area contributed by atoms with E-state index < -0.39 is 10.8 Å². The maximum Gasteiger partial charge on any atom is 0.316 e. The topological polar surface area (TPSA) is 88.1 Å². The number of carbonyl (C=O) groups is 3. The van der Waals surface area contributed by atoms with Crippen molar-refractivity contribution in [2.24, 2.45) is 10.8 Å². The van der Waals surface area contributed by atoms with Crippen molar-refractivity contribution in [2.45, 2.75) is 68.7 Å². The summed E-state index contributed by atoms with van der Waals surface area (Å²) in [4.78, 5) is 38.0. The lowest BCUT2D eigenvalue weighted by Crippen LogP contribution is -2.26. The van der Waals surface area contributed by atoms with Crippen molar-refractivity contribution in [2.75, 3.05) is 13.7 Å². The van der Waals surface area contributed by atoms with E-state index in [2.05, 4.69) is 0 Å². The van der Waals surface area contributed by atoms with Crippen molar-refractivity contribution in [1.29, 1.82) is 0 Å². The van der Waals surface area contributed by atoms with E-state index in [1.165, 1.54) is 7.11 Å². The number of rotatable bonds is 9. The van der Waals surface area contributed by atoms with Crippen molar-refractivity contribution in [3.8, 4) is 17.2 Å². The molecule has 0 spiro atoms. The second-order valence-electron chi connectivity index (χ2n) is 11.3. The highest BCUT2D eigenvalue weighted by Crippen LogP contribution is 2.38. The molecule has 0 N–H and O–H groups in total. The molecule has 2 rings (SSSR count). The lowest BCUT2D eigenvalue weighted by Gasteiger charge is -2.21. The average Bonchev–Trinajstić information content (AvgIpc) is 2.83. The lowest BCUT2D eigenvalue weighted by atomic mass is 9.97. The van der Waals surface area contributed by atoms with E-state index in [9.17, 15) is 14.4 Å². The van der Waals surface area contributed by atoms with Crippen LogP contribution in [-0.2, 0) is 14.3 Å². The van der Waals surface area contributed by atoms with Gasteiger partial charge >= 0.3 is 11.9 Å². The van der Waals surface area contributed by atoms with E-state index in [0.29, 0.717) is 40.5 Å². The highest BCUT2D eigenvalue weighted by Gasteiger charge is 2.27. The van der Waals surface area contributed by atoms with Gasteiger partial charge in [0, 0.05) is 16.7 Å². The lowest BCUT2D eigenvalue weighted by molar-refractivity contribution is -0.143. The maximum atomic E-state index is 13.3. The Balaban J connectivity index is 2.46. The number of methoxy groups -OCH3 is 1. The molecule has 2 aromatic carbocycles. The van der Waals surface area contributed by atoms with Crippen LogP contribution in [0.15, 0.2) is 36.1 Å². The first-order valence-electron chi connectivity index (χ1n) is 12.7. The number of hydrogen-bond donors (Lipinski definition) is 0. The summed E-state index contributed by atoms with van der Waals surface area (Å²) in [7, 11) is 1.43. The van der Waals surface area contributed by atoms with E-state index >= 15 is 0 Å². The molecular weight excluding hydrogens is 484 g/mol. The van der Waals surface area contributed by atoms with Gasteiger partial charge in [0.15, 0.2) is 5.76 Å². The average molecular weight is 525 g/mol. The normalized spacial score (nSPS) is 12.1. The van der Waals surface area contributed by atoms with Gasteiger partial charge in [0.25, 0.3) is 0 Å². The standard InChI is InChI=1S/C31H40O7/c1-11-16-36-27-20(3)26(38-29(34)31(7,8)9)19(2)17-22(27)18-24(35-10)25(32)21-12-14-23(15-13-21)37-28(33)30(4,5)6/h12-15,17-18H,11,16H2,1-10H3. The maximum absolute atomic E-state index is 13.3. The molecule has 2 aromatic rings. The van der Waals surface area contributed by atoms with Gasteiger partial charge in [-0.1, -0.05) is 6.92 Å². The van der Waals surface area contributed by atoms with Crippen LogP contribution in [0.4, 0.5) is 0 Å². The first-order chi connectivity index (χ1) is 17.6. The predicted molar refractivity (Wildman–Crippen MR) is 148 cm³/mol. The Morgan fingerprint density at radius 3 is 1.89 bits per heavy atom. The number of ketones is 1. The SMILES string of the molecule is CCCOc1c(C=C(OC)C(=O)c2ccc(OC(=O)C(C)(C)C)cc2)cc(C)c(OC(=O)C(C)(C)C)c1C. The molecule has 0 amide bonds. The second-order valence-corrected chi connectivity index (χ2v) is 11.3. The molecule has 0 heterocycles. The molecular formula is C31H40O7. The number of carbonyl (C=O) groups excluding carboxylic acids is 3. The Hall–Kier alpha value is -3.61. The molecule has 7 heteroatoms. The molecule has 0 atom stereocenters. The fourth-order valence-electron chi connectivity index (χ4n) is 3.32. The minimum atomic E-state index is -0.668. The Bertz CT molecular complexity index is 1210. The van der Waals surface area contributed by atoms with Gasteiger partial charge in [0.1, 0.15) is 17.2 Å². The Morgan fingerprint density at radius 1 is 0.842 bits per heavy atom. The van der Waals surface area contributed by atoms with E-state index in [0.717, 1.165) is 12.0 Å². The number of Topliss-reactive ketones (excluding diaryl/α,β-unsaturated/α-hetero) is 1. The Kier molecular flexibility index (Phi) is 9.90. The molecule has 0 aliphatic rings. The predicted octanol–water partition coefficient (Wildman–Crippen LogP) is 6.87. The molecule has 0 saturated heterocycles. The number of aryl methyl sites for hydroxylation is 1. The number of esters is 2. The van der Waals surface area contributed by atoms with Crippen molar-refractivity contribution >= 4 is 23.8 Å². The van der Waals surface area contributed by atoms with E-state index in [1.54, 1.807) is 71.9 Å². The highest BCUT2D eigenvalue weighted by atomic mass is 16.5. The summed E-state index contributed by atoms with van der Waals surface area (Å²) in [5.74, 6) is 0.352. The molecule has 0 fully saturated rings. The number of benzene rings is 2. The third-order valence-electron chi connectivity index (χ3n) is 5.60. The zero-order valence-corrected chi connectivity index (χ0v) is 24.2. The Morgan fingerprint density at radius 2 is 1.39 bits per heavy atom. The highest BCUT2D eigenvalue weighted by molar-refractivity contribution is 6.10. The van der Waals surface area contributed by atoms with Crippen LogP contribution < -0.4 is 14.2 Å².